The van der Waals surface area contributed by atoms with Crippen molar-refractivity contribution in [3.05, 3.63) is 58.6 Å². The first-order valence-corrected chi connectivity index (χ1v) is 7.24. The number of rotatable bonds is 4. The lowest BCUT2D eigenvalue weighted by molar-refractivity contribution is -0.116. The quantitative estimate of drug-likeness (QED) is 0.881. The van der Waals surface area contributed by atoms with Crippen molar-refractivity contribution in [3.8, 4) is 0 Å². The molecule has 0 fully saturated rings. The molecule has 0 saturated heterocycles. The lowest BCUT2D eigenvalue weighted by Gasteiger charge is -2.17. The normalized spacial score (nSPS) is 11.8. The van der Waals surface area contributed by atoms with Gasteiger partial charge in [0.2, 0.25) is 5.91 Å². The maximum absolute atomic E-state index is 12.1. The highest BCUT2D eigenvalue weighted by molar-refractivity contribution is 9.10. The number of hydrogen-bond acceptors (Lipinski definition) is 2. The number of aryl methyl sites for hydroxylation is 1. The molecular weight excluding hydrogens is 316 g/mol. The molecule has 1 unspecified atom stereocenters. The molecule has 3 nitrogen and oxygen atoms in total. The van der Waals surface area contributed by atoms with Crippen LogP contribution in [-0.2, 0) is 4.79 Å². The van der Waals surface area contributed by atoms with E-state index in [9.17, 15) is 4.79 Å². The molecule has 0 aromatic heterocycles. The maximum atomic E-state index is 12.1. The van der Waals surface area contributed by atoms with Gasteiger partial charge in [-0.2, -0.15) is 0 Å². The van der Waals surface area contributed by atoms with Gasteiger partial charge in [0.25, 0.3) is 0 Å². The van der Waals surface area contributed by atoms with Crippen LogP contribution in [0.3, 0.4) is 0 Å². The Bertz CT molecular complexity index is 599. The fourth-order valence-corrected chi connectivity index (χ4v) is 2.18. The van der Waals surface area contributed by atoms with E-state index in [0.29, 0.717) is 0 Å². The second-order valence-electron chi connectivity index (χ2n) is 4.68. The molecule has 0 aliphatic rings. The SMILES string of the molecule is Cc1ccc(Br)cc1NC(C)C(=O)Nc1ccccc1. The highest BCUT2D eigenvalue weighted by Gasteiger charge is 2.13. The Morgan fingerprint density at radius 2 is 1.85 bits per heavy atom. The zero-order chi connectivity index (χ0) is 14.5. The molecule has 0 bridgehead atoms. The zero-order valence-corrected chi connectivity index (χ0v) is 13.1. The molecule has 104 valence electrons. The molecule has 0 radical (unpaired) electrons. The molecular formula is C16H17BrN2O. The van der Waals surface area contributed by atoms with Crippen LogP contribution in [0, 0.1) is 6.92 Å². The summed E-state index contributed by atoms with van der Waals surface area (Å²) in [6, 6.07) is 15.1. The van der Waals surface area contributed by atoms with E-state index in [0.717, 1.165) is 21.4 Å². The van der Waals surface area contributed by atoms with Crippen molar-refractivity contribution in [2.24, 2.45) is 0 Å². The van der Waals surface area contributed by atoms with Gasteiger partial charge >= 0.3 is 0 Å². The van der Waals surface area contributed by atoms with Crippen molar-refractivity contribution >= 4 is 33.2 Å². The third-order valence-electron chi connectivity index (χ3n) is 3.01. The van der Waals surface area contributed by atoms with Crippen molar-refractivity contribution in [1.82, 2.24) is 0 Å². The Kier molecular flexibility index (Phi) is 4.79. The molecule has 2 aromatic carbocycles. The summed E-state index contributed by atoms with van der Waals surface area (Å²) in [7, 11) is 0. The first-order chi connectivity index (χ1) is 9.56. The van der Waals surface area contributed by atoms with Crippen LogP contribution >= 0.6 is 15.9 Å². The predicted octanol–water partition coefficient (Wildman–Crippen LogP) is 4.20. The van der Waals surface area contributed by atoms with Gasteiger partial charge in [0, 0.05) is 15.8 Å². The lowest BCUT2D eigenvalue weighted by Crippen LogP contribution is -2.32. The second-order valence-corrected chi connectivity index (χ2v) is 5.60. The molecule has 4 heteroatoms. The van der Waals surface area contributed by atoms with Gasteiger partial charge < -0.3 is 10.6 Å². The van der Waals surface area contributed by atoms with Gasteiger partial charge in [0.05, 0.1) is 0 Å². The van der Waals surface area contributed by atoms with Gasteiger partial charge in [-0.25, -0.2) is 0 Å². The number of carbonyl (C=O) groups is 1. The van der Waals surface area contributed by atoms with Crippen LogP contribution in [-0.4, -0.2) is 11.9 Å². The van der Waals surface area contributed by atoms with Crippen molar-refractivity contribution in [1.29, 1.82) is 0 Å². The third-order valence-corrected chi connectivity index (χ3v) is 3.50. The number of hydrogen-bond donors (Lipinski definition) is 2. The van der Waals surface area contributed by atoms with Crippen LogP contribution < -0.4 is 10.6 Å². The number of amides is 1. The van der Waals surface area contributed by atoms with E-state index in [1.165, 1.54) is 0 Å². The summed E-state index contributed by atoms with van der Waals surface area (Å²) in [5.74, 6) is -0.0597. The monoisotopic (exact) mass is 332 g/mol. The van der Waals surface area contributed by atoms with Crippen LogP contribution in [0.1, 0.15) is 12.5 Å². The summed E-state index contributed by atoms with van der Waals surface area (Å²) in [5, 5.41) is 6.11. The van der Waals surface area contributed by atoms with Crippen LogP contribution in [0.25, 0.3) is 0 Å². The van der Waals surface area contributed by atoms with Gasteiger partial charge in [0.15, 0.2) is 0 Å². The van der Waals surface area contributed by atoms with Gasteiger partial charge in [-0.3, -0.25) is 4.79 Å². The number of carbonyl (C=O) groups excluding carboxylic acids is 1. The van der Waals surface area contributed by atoms with E-state index in [4.69, 9.17) is 0 Å². The summed E-state index contributed by atoms with van der Waals surface area (Å²) >= 11 is 3.44. The van der Waals surface area contributed by atoms with E-state index in [1.807, 2.05) is 62.4 Å². The average molecular weight is 333 g/mol. The Labute approximate surface area is 127 Å². The summed E-state index contributed by atoms with van der Waals surface area (Å²) in [6.07, 6.45) is 0. The summed E-state index contributed by atoms with van der Waals surface area (Å²) in [4.78, 5) is 12.1. The number of halogens is 1. The minimum absolute atomic E-state index is 0.0597. The van der Waals surface area contributed by atoms with Crippen LogP contribution in [0.5, 0.6) is 0 Å². The molecule has 1 atom stereocenters. The fourth-order valence-electron chi connectivity index (χ4n) is 1.82. The number of anilines is 2. The smallest absolute Gasteiger partial charge is 0.246 e. The van der Waals surface area contributed by atoms with Gasteiger partial charge in [-0.15, -0.1) is 0 Å². The molecule has 0 spiro atoms. The Morgan fingerprint density at radius 1 is 1.15 bits per heavy atom. The Morgan fingerprint density at radius 3 is 2.55 bits per heavy atom. The molecule has 20 heavy (non-hydrogen) atoms. The van der Waals surface area contributed by atoms with Crippen molar-refractivity contribution in [3.63, 3.8) is 0 Å². The number of para-hydroxylation sites is 1. The second kappa shape index (κ2) is 6.57. The Balaban J connectivity index is 2.02. The van der Waals surface area contributed by atoms with E-state index >= 15 is 0 Å². The minimum Gasteiger partial charge on any atom is -0.374 e. The molecule has 2 rings (SSSR count). The third kappa shape index (κ3) is 3.84. The largest absolute Gasteiger partial charge is 0.374 e. The summed E-state index contributed by atoms with van der Waals surface area (Å²) in [5.41, 5.74) is 2.86. The van der Waals surface area contributed by atoms with E-state index in [1.54, 1.807) is 0 Å². The number of benzene rings is 2. The molecule has 0 aliphatic heterocycles. The first-order valence-electron chi connectivity index (χ1n) is 6.45. The van der Waals surface area contributed by atoms with Crippen LogP contribution in [0.4, 0.5) is 11.4 Å². The summed E-state index contributed by atoms with van der Waals surface area (Å²) < 4.78 is 0.987. The molecule has 2 aromatic rings. The standard InChI is InChI=1S/C16H17BrN2O/c1-11-8-9-13(17)10-15(11)18-12(2)16(20)19-14-6-4-3-5-7-14/h3-10,12,18H,1-2H3,(H,19,20). The molecule has 1 amide bonds. The number of nitrogens with one attached hydrogen (secondary N) is 2. The molecule has 2 N–H and O–H groups in total. The molecule has 0 heterocycles. The van der Waals surface area contributed by atoms with Gasteiger partial charge in [0.1, 0.15) is 6.04 Å². The minimum atomic E-state index is -0.316. The van der Waals surface area contributed by atoms with Crippen LogP contribution in [0.15, 0.2) is 53.0 Å². The Hall–Kier alpha value is -1.81. The van der Waals surface area contributed by atoms with Gasteiger partial charge in [-0.1, -0.05) is 40.2 Å². The first kappa shape index (κ1) is 14.6. The molecule has 0 aliphatic carbocycles. The van der Waals surface area contributed by atoms with Crippen molar-refractivity contribution in [2.45, 2.75) is 19.9 Å². The van der Waals surface area contributed by atoms with E-state index in [-0.39, 0.29) is 11.9 Å². The van der Waals surface area contributed by atoms with Crippen molar-refractivity contribution in [2.75, 3.05) is 10.6 Å². The predicted molar refractivity (Wildman–Crippen MR) is 87.0 cm³/mol. The van der Waals surface area contributed by atoms with E-state index in [2.05, 4.69) is 26.6 Å². The van der Waals surface area contributed by atoms with E-state index < -0.39 is 0 Å². The fraction of sp³-hybridized carbons (Fsp3) is 0.188. The average Bonchev–Trinajstić information content (AvgIpc) is 2.44. The highest BCUT2D eigenvalue weighted by atomic mass is 79.9. The zero-order valence-electron chi connectivity index (χ0n) is 11.5. The lowest BCUT2D eigenvalue weighted by atomic mass is 10.2. The van der Waals surface area contributed by atoms with Crippen LogP contribution in [0.2, 0.25) is 0 Å². The topological polar surface area (TPSA) is 41.1 Å². The van der Waals surface area contributed by atoms with Crippen molar-refractivity contribution < 1.29 is 4.79 Å². The molecule has 0 saturated carbocycles. The van der Waals surface area contributed by atoms with Gasteiger partial charge in [-0.05, 0) is 43.7 Å². The summed E-state index contributed by atoms with van der Waals surface area (Å²) in [6.45, 7) is 3.86. The maximum Gasteiger partial charge on any atom is 0.246 e. The highest BCUT2D eigenvalue weighted by Crippen LogP contribution is 2.21.